The van der Waals surface area contributed by atoms with Gasteiger partial charge in [0.25, 0.3) is 0 Å². The molecule has 0 fully saturated rings. The second-order valence-electron chi connectivity index (χ2n) is 4.24. The molecule has 3 nitrogen and oxygen atoms in total. The van der Waals surface area contributed by atoms with Gasteiger partial charge in [0.15, 0.2) is 5.11 Å². The molecule has 0 aromatic heterocycles. The summed E-state index contributed by atoms with van der Waals surface area (Å²) in [6, 6.07) is 12.0. The second kappa shape index (κ2) is 6.34. The molecule has 2 aromatic carbocycles. The first-order chi connectivity index (χ1) is 9.60. The lowest BCUT2D eigenvalue weighted by molar-refractivity contribution is 0.417. The van der Waals surface area contributed by atoms with E-state index >= 15 is 0 Å². The van der Waals surface area contributed by atoms with Gasteiger partial charge in [-0.3, -0.25) is 0 Å². The van der Waals surface area contributed by atoms with E-state index in [2.05, 4.69) is 10.6 Å². The van der Waals surface area contributed by atoms with Gasteiger partial charge < -0.3 is 15.4 Å². The lowest BCUT2D eigenvalue weighted by Gasteiger charge is -2.14. The number of hydrogen-bond donors (Lipinski definition) is 2. The first-order valence-corrected chi connectivity index (χ1v) is 6.48. The van der Waals surface area contributed by atoms with E-state index in [1.165, 1.54) is 12.1 Å². The summed E-state index contributed by atoms with van der Waals surface area (Å²) < 4.78 is 18.4. The highest BCUT2D eigenvalue weighted by Crippen LogP contribution is 2.23. The van der Waals surface area contributed by atoms with Crippen LogP contribution < -0.4 is 15.4 Å². The fraction of sp³-hybridized carbons (Fsp3) is 0.133. The van der Waals surface area contributed by atoms with Gasteiger partial charge in [-0.2, -0.15) is 0 Å². The first kappa shape index (κ1) is 14.3. The van der Waals surface area contributed by atoms with Crippen molar-refractivity contribution in [2.45, 2.75) is 6.92 Å². The van der Waals surface area contributed by atoms with Crippen molar-refractivity contribution >= 4 is 28.7 Å². The van der Waals surface area contributed by atoms with Gasteiger partial charge >= 0.3 is 0 Å². The fourth-order valence-corrected chi connectivity index (χ4v) is 1.97. The standard InChI is InChI=1S/C15H15FN2OS/c1-10-7-8-11(16)9-13(10)18-15(20)17-12-5-3-4-6-14(12)19-2/h3-9H,1-2H3,(H2,17,18,20). The lowest BCUT2D eigenvalue weighted by atomic mass is 10.2. The minimum Gasteiger partial charge on any atom is -0.495 e. The third-order valence-electron chi connectivity index (χ3n) is 2.80. The molecule has 0 amide bonds. The average molecular weight is 290 g/mol. The largest absolute Gasteiger partial charge is 0.495 e. The van der Waals surface area contributed by atoms with Gasteiger partial charge in [-0.15, -0.1) is 0 Å². The second-order valence-corrected chi connectivity index (χ2v) is 4.65. The first-order valence-electron chi connectivity index (χ1n) is 6.07. The van der Waals surface area contributed by atoms with E-state index in [1.807, 2.05) is 31.2 Å². The molecule has 0 heterocycles. The fourth-order valence-electron chi connectivity index (χ4n) is 1.75. The summed E-state index contributed by atoms with van der Waals surface area (Å²) in [6.45, 7) is 1.88. The Labute approximate surface area is 122 Å². The van der Waals surface area contributed by atoms with Gasteiger partial charge in [0.05, 0.1) is 12.8 Å². The Morgan fingerprint density at radius 1 is 1.10 bits per heavy atom. The number of benzene rings is 2. The molecule has 0 spiro atoms. The molecule has 2 aromatic rings. The van der Waals surface area contributed by atoms with Crippen molar-refractivity contribution in [1.29, 1.82) is 0 Å². The Kier molecular flexibility index (Phi) is 4.53. The number of hydrogen-bond acceptors (Lipinski definition) is 2. The third kappa shape index (κ3) is 3.45. The van der Waals surface area contributed by atoms with E-state index in [1.54, 1.807) is 13.2 Å². The number of anilines is 2. The van der Waals surface area contributed by atoms with E-state index in [9.17, 15) is 4.39 Å². The van der Waals surface area contributed by atoms with E-state index in [-0.39, 0.29) is 5.82 Å². The number of ether oxygens (including phenoxy) is 1. The number of halogens is 1. The van der Waals surface area contributed by atoms with Crippen LogP contribution in [0.1, 0.15) is 5.56 Å². The molecule has 5 heteroatoms. The number of aryl methyl sites for hydroxylation is 1. The van der Waals surface area contributed by atoms with Crippen LogP contribution in [0.5, 0.6) is 5.75 Å². The average Bonchev–Trinajstić information content (AvgIpc) is 2.43. The summed E-state index contributed by atoms with van der Waals surface area (Å²) in [7, 11) is 1.59. The van der Waals surface area contributed by atoms with Crippen LogP contribution >= 0.6 is 12.2 Å². The van der Waals surface area contributed by atoms with Crippen molar-refractivity contribution in [3.8, 4) is 5.75 Å². The van der Waals surface area contributed by atoms with Crippen LogP contribution in [-0.4, -0.2) is 12.2 Å². The van der Waals surface area contributed by atoms with Gasteiger partial charge in [0, 0.05) is 5.69 Å². The quantitative estimate of drug-likeness (QED) is 0.839. The highest BCUT2D eigenvalue weighted by Gasteiger charge is 2.06. The van der Waals surface area contributed by atoms with Crippen molar-refractivity contribution in [1.82, 2.24) is 0 Å². The smallest absolute Gasteiger partial charge is 0.175 e. The molecule has 0 radical (unpaired) electrons. The van der Waals surface area contributed by atoms with Crippen LogP contribution in [-0.2, 0) is 0 Å². The molecule has 0 aliphatic heterocycles. The molecule has 0 bridgehead atoms. The van der Waals surface area contributed by atoms with E-state index in [4.69, 9.17) is 17.0 Å². The Morgan fingerprint density at radius 3 is 2.55 bits per heavy atom. The molecule has 2 N–H and O–H groups in total. The summed E-state index contributed by atoms with van der Waals surface area (Å²) >= 11 is 5.23. The van der Waals surface area contributed by atoms with Gasteiger partial charge in [0.2, 0.25) is 0 Å². The summed E-state index contributed by atoms with van der Waals surface area (Å²) in [5.41, 5.74) is 2.30. The lowest BCUT2D eigenvalue weighted by Crippen LogP contribution is -2.20. The maximum absolute atomic E-state index is 13.2. The predicted molar refractivity (Wildman–Crippen MR) is 84.0 cm³/mol. The normalized spacial score (nSPS) is 9.95. The molecule has 0 saturated carbocycles. The zero-order chi connectivity index (χ0) is 14.5. The molecule has 0 aliphatic carbocycles. The summed E-state index contributed by atoms with van der Waals surface area (Å²) in [5.74, 6) is 0.380. The third-order valence-corrected chi connectivity index (χ3v) is 3.01. The Morgan fingerprint density at radius 2 is 1.80 bits per heavy atom. The maximum atomic E-state index is 13.2. The zero-order valence-electron chi connectivity index (χ0n) is 11.2. The minimum absolute atomic E-state index is 0.307. The van der Waals surface area contributed by atoms with Gasteiger partial charge in [-0.25, -0.2) is 4.39 Å². The maximum Gasteiger partial charge on any atom is 0.175 e. The number of thiocarbonyl (C=S) groups is 1. The topological polar surface area (TPSA) is 33.3 Å². The van der Waals surface area contributed by atoms with Crippen molar-refractivity contribution in [3.63, 3.8) is 0 Å². The molecule has 0 unspecified atom stereocenters. The van der Waals surface area contributed by atoms with E-state index < -0.39 is 0 Å². The minimum atomic E-state index is -0.307. The van der Waals surface area contributed by atoms with Crippen molar-refractivity contribution in [2.75, 3.05) is 17.7 Å². The van der Waals surface area contributed by atoms with Crippen LogP contribution in [0.25, 0.3) is 0 Å². The van der Waals surface area contributed by atoms with Crippen LogP contribution in [0.3, 0.4) is 0 Å². The number of methoxy groups -OCH3 is 1. The molecular formula is C15H15FN2OS. The molecule has 20 heavy (non-hydrogen) atoms. The zero-order valence-corrected chi connectivity index (χ0v) is 12.1. The monoisotopic (exact) mass is 290 g/mol. The number of nitrogens with one attached hydrogen (secondary N) is 2. The van der Waals surface area contributed by atoms with Crippen LogP contribution in [0.4, 0.5) is 15.8 Å². The van der Waals surface area contributed by atoms with Crippen LogP contribution in [0.15, 0.2) is 42.5 Å². The number of rotatable bonds is 3. The predicted octanol–water partition coefficient (Wildman–Crippen LogP) is 3.95. The SMILES string of the molecule is COc1ccccc1NC(=S)Nc1cc(F)ccc1C. The van der Waals surface area contributed by atoms with Gasteiger partial charge in [-0.1, -0.05) is 18.2 Å². The van der Waals surface area contributed by atoms with E-state index in [0.717, 1.165) is 11.3 Å². The summed E-state index contributed by atoms with van der Waals surface area (Å²) in [4.78, 5) is 0. The Balaban J connectivity index is 2.11. The Bertz CT molecular complexity index is 631. The van der Waals surface area contributed by atoms with Gasteiger partial charge in [0.1, 0.15) is 11.6 Å². The summed E-state index contributed by atoms with van der Waals surface area (Å²) in [5, 5.41) is 6.38. The van der Waals surface area contributed by atoms with E-state index in [0.29, 0.717) is 16.5 Å². The van der Waals surface area contributed by atoms with Crippen LogP contribution in [0.2, 0.25) is 0 Å². The van der Waals surface area contributed by atoms with Crippen molar-refractivity contribution < 1.29 is 9.13 Å². The highest BCUT2D eigenvalue weighted by atomic mass is 32.1. The molecule has 2 rings (SSSR count). The highest BCUT2D eigenvalue weighted by molar-refractivity contribution is 7.80. The Hall–Kier alpha value is -2.14. The molecule has 0 aliphatic rings. The molecular weight excluding hydrogens is 275 g/mol. The molecule has 0 atom stereocenters. The molecule has 0 saturated heterocycles. The number of para-hydroxylation sites is 2. The van der Waals surface area contributed by atoms with Crippen molar-refractivity contribution in [2.24, 2.45) is 0 Å². The molecule has 104 valence electrons. The van der Waals surface area contributed by atoms with Crippen molar-refractivity contribution in [3.05, 3.63) is 53.8 Å². The summed E-state index contributed by atoms with van der Waals surface area (Å²) in [6.07, 6.45) is 0. The van der Waals surface area contributed by atoms with Gasteiger partial charge in [-0.05, 0) is 49.0 Å². The van der Waals surface area contributed by atoms with Crippen LogP contribution in [0, 0.1) is 12.7 Å².